The van der Waals surface area contributed by atoms with E-state index in [1.165, 1.54) is 18.2 Å². The van der Waals surface area contributed by atoms with Crippen molar-refractivity contribution in [3.05, 3.63) is 49.6 Å². The standard InChI is InChI=1S/C23H28F9NO2Si/c1-5-12-36(13-6-2,14-7-3)18-11-9-10-17(15-18)33(8-4)19(34)22(29,23(30,31)32)35-21(27,28)16-20(24,25)26/h5-6,9-11,15H,1-2,7-8,12-14,16H2,3-4H3. The van der Waals surface area contributed by atoms with Gasteiger partial charge in [-0.05, 0) is 31.1 Å². The van der Waals surface area contributed by atoms with Crippen LogP contribution in [0.3, 0.4) is 0 Å². The molecule has 13 heteroatoms. The van der Waals surface area contributed by atoms with Gasteiger partial charge in [-0.2, -0.15) is 39.5 Å². The first-order valence-corrected chi connectivity index (χ1v) is 13.6. The largest absolute Gasteiger partial charge is 0.458 e. The molecule has 1 amide bonds. The maximum atomic E-state index is 15.0. The number of likely N-dealkylation sites (N-methyl/N-ethyl adjacent to an activating group) is 1. The first-order valence-electron chi connectivity index (χ1n) is 11.0. The van der Waals surface area contributed by atoms with E-state index in [9.17, 15) is 44.3 Å². The van der Waals surface area contributed by atoms with Crippen molar-refractivity contribution in [3.8, 4) is 0 Å². The van der Waals surface area contributed by atoms with Gasteiger partial charge in [0.25, 0.3) is 0 Å². The van der Waals surface area contributed by atoms with E-state index in [1.54, 1.807) is 18.2 Å². The molecule has 0 saturated carbocycles. The number of carbonyl (C=O) groups excluding carboxylic acids is 1. The van der Waals surface area contributed by atoms with Crippen molar-refractivity contribution in [2.75, 3.05) is 11.4 Å². The summed E-state index contributed by atoms with van der Waals surface area (Å²) < 4.78 is 123. The van der Waals surface area contributed by atoms with Crippen LogP contribution in [-0.4, -0.2) is 44.8 Å². The van der Waals surface area contributed by atoms with Gasteiger partial charge in [0.05, 0.1) is 8.07 Å². The Hall–Kier alpha value is -2.28. The molecule has 0 aliphatic heterocycles. The van der Waals surface area contributed by atoms with Crippen molar-refractivity contribution in [1.82, 2.24) is 0 Å². The SMILES string of the molecule is C=CC[Si](CC=C)(CCC)c1cccc(N(CC)C(=O)C(F)(OC(F)(F)CC(F)(F)F)C(F)(F)F)c1. The van der Waals surface area contributed by atoms with Gasteiger partial charge >= 0.3 is 30.2 Å². The van der Waals surface area contributed by atoms with E-state index in [-0.39, 0.29) is 10.6 Å². The number of rotatable bonds is 13. The molecule has 0 aliphatic carbocycles. The Morgan fingerprint density at radius 2 is 1.56 bits per heavy atom. The van der Waals surface area contributed by atoms with Crippen LogP contribution in [0.1, 0.15) is 26.7 Å². The molecule has 3 nitrogen and oxygen atoms in total. The third-order valence-corrected chi connectivity index (χ3v) is 10.6. The second-order valence-corrected chi connectivity index (χ2v) is 12.7. The number of benzene rings is 1. The summed E-state index contributed by atoms with van der Waals surface area (Å²) in [4.78, 5) is 12.9. The van der Waals surface area contributed by atoms with E-state index in [0.717, 1.165) is 19.4 Å². The second-order valence-electron chi connectivity index (χ2n) is 8.24. The number of allylic oxidation sites excluding steroid dienone is 2. The molecule has 1 aromatic carbocycles. The summed E-state index contributed by atoms with van der Waals surface area (Å²) >= 11 is 0. The Morgan fingerprint density at radius 3 is 1.97 bits per heavy atom. The van der Waals surface area contributed by atoms with Crippen LogP contribution in [0.2, 0.25) is 18.1 Å². The summed E-state index contributed by atoms with van der Waals surface area (Å²) in [6, 6.07) is 7.46. The van der Waals surface area contributed by atoms with E-state index in [4.69, 9.17) is 0 Å². The molecule has 0 fully saturated rings. The van der Waals surface area contributed by atoms with Crippen LogP contribution in [0.15, 0.2) is 49.6 Å². The summed E-state index contributed by atoms with van der Waals surface area (Å²) in [6.45, 7) is 9.96. The van der Waals surface area contributed by atoms with Crippen LogP contribution >= 0.6 is 0 Å². The summed E-state index contributed by atoms with van der Waals surface area (Å²) in [5, 5.41) is 0.674. The molecule has 0 spiro atoms. The molecular weight excluding hydrogens is 521 g/mol. The van der Waals surface area contributed by atoms with Gasteiger partial charge in [-0.1, -0.05) is 48.9 Å². The summed E-state index contributed by atoms with van der Waals surface area (Å²) in [6.07, 6.45) is -16.9. The predicted octanol–water partition coefficient (Wildman–Crippen LogP) is 7.27. The first-order chi connectivity index (χ1) is 16.4. The van der Waals surface area contributed by atoms with Gasteiger partial charge in [-0.15, -0.1) is 13.2 Å². The molecule has 0 heterocycles. The Labute approximate surface area is 204 Å². The van der Waals surface area contributed by atoms with Gasteiger partial charge < -0.3 is 4.90 Å². The van der Waals surface area contributed by atoms with Crippen LogP contribution in [0.5, 0.6) is 0 Å². The Kier molecular flexibility index (Phi) is 10.4. The highest BCUT2D eigenvalue weighted by Gasteiger charge is 2.69. The van der Waals surface area contributed by atoms with Crippen LogP contribution in [0, 0.1) is 0 Å². The third-order valence-electron chi connectivity index (χ3n) is 5.47. The highest BCUT2D eigenvalue weighted by atomic mass is 28.3. The summed E-state index contributed by atoms with van der Waals surface area (Å²) in [7, 11) is -2.41. The predicted molar refractivity (Wildman–Crippen MR) is 122 cm³/mol. The van der Waals surface area contributed by atoms with Crippen LogP contribution in [0.25, 0.3) is 0 Å². The van der Waals surface area contributed by atoms with Gasteiger partial charge in [0.1, 0.15) is 6.42 Å². The smallest absolute Gasteiger partial charge is 0.307 e. The molecule has 0 bridgehead atoms. The molecule has 1 rings (SSSR count). The number of carbonyl (C=O) groups is 1. The van der Waals surface area contributed by atoms with Crippen LogP contribution in [-0.2, 0) is 9.53 Å². The van der Waals surface area contributed by atoms with Crippen molar-refractivity contribution in [3.63, 3.8) is 0 Å². The molecule has 1 atom stereocenters. The number of hydrogen-bond donors (Lipinski definition) is 0. The average molecular weight is 550 g/mol. The van der Waals surface area contributed by atoms with Gasteiger partial charge in [0.2, 0.25) is 0 Å². The molecule has 0 aliphatic rings. The lowest BCUT2D eigenvalue weighted by atomic mass is 10.2. The Bertz CT molecular complexity index is 908. The van der Waals surface area contributed by atoms with Crippen LogP contribution < -0.4 is 10.1 Å². The summed E-state index contributed by atoms with van der Waals surface area (Å²) in [5.41, 5.74) is -0.255. The van der Waals surface area contributed by atoms with E-state index in [2.05, 4.69) is 17.9 Å². The molecule has 0 aromatic heterocycles. The Balaban J connectivity index is 3.59. The average Bonchev–Trinajstić information content (AvgIpc) is 2.72. The third kappa shape index (κ3) is 7.61. The molecule has 0 saturated heterocycles. The van der Waals surface area contributed by atoms with Crippen molar-refractivity contribution in [2.24, 2.45) is 0 Å². The maximum absolute atomic E-state index is 15.0. The monoisotopic (exact) mass is 549 g/mol. The van der Waals surface area contributed by atoms with Gasteiger partial charge in [-0.3, -0.25) is 9.53 Å². The number of halogens is 9. The molecule has 1 unspecified atom stereocenters. The van der Waals surface area contributed by atoms with Crippen molar-refractivity contribution in [2.45, 2.75) is 69.1 Å². The van der Waals surface area contributed by atoms with Crippen LogP contribution in [0.4, 0.5) is 45.2 Å². The minimum Gasteiger partial charge on any atom is -0.307 e. The normalized spacial score (nSPS) is 14.8. The molecule has 36 heavy (non-hydrogen) atoms. The number of amides is 1. The Morgan fingerprint density at radius 1 is 1.00 bits per heavy atom. The molecular formula is C23H28F9NO2Si. The summed E-state index contributed by atoms with van der Waals surface area (Å²) in [5.74, 6) is -8.36. The van der Waals surface area contributed by atoms with E-state index in [0.29, 0.717) is 17.3 Å². The van der Waals surface area contributed by atoms with Crippen molar-refractivity contribution >= 4 is 24.9 Å². The van der Waals surface area contributed by atoms with Gasteiger partial charge in [0, 0.05) is 12.2 Å². The van der Waals surface area contributed by atoms with E-state index >= 15 is 0 Å². The fourth-order valence-corrected chi connectivity index (χ4v) is 8.32. The molecule has 204 valence electrons. The van der Waals surface area contributed by atoms with E-state index in [1.807, 2.05) is 6.92 Å². The molecule has 0 radical (unpaired) electrons. The van der Waals surface area contributed by atoms with E-state index < -0.39 is 51.3 Å². The quantitative estimate of drug-likeness (QED) is 0.147. The fraction of sp³-hybridized carbons (Fsp3) is 0.522. The highest BCUT2D eigenvalue weighted by Crippen LogP contribution is 2.44. The zero-order valence-corrected chi connectivity index (χ0v) is 20.8. The van der Waals surface area contributed by atoms with Crippen molar-refractivity contribution in [1.29, 1.82) is 0 Å². The number of alkyl halides is 9. The lowest BCUT2D eigenvalue weighted by Crippen LogP contribution is -2.60. The first kappa shape index (κ1) is 31.7. The zero-order chi connectivity index (χ0) is 28.0. The number of hydrogen-bond acceptors (Lipinski definition) is 2. The lowest BCUT2D eigenvalue weighted by molar-refractivity contribution is -0.406. The number of nitrogens with zero attached hydrogens (tertiary/aromatic N) is 1. The lowest BCUT2D eigenvalue weighted by Gasteiger charge is -2.35. The number of anilines is 1. The minimum atomic E-state index is -6.41. The maximum Gasteiger partial charge on any atom is 0.458 e. The van der Waals surface area contributed by atoms with Gasteiger partial charge in [-0.25, -0.2) is 0 Å². The topological polar surface area (TPSA) is 29.5 Å². The number of ether oxygens (including phenoxy) is 1. The highest BCUT2D eigenvalue weighted by molar-refractivity contribution is 6.92. The fourth-order valence-electron chi connectivity index (χ4n) is 4.02. The van der Waals surface area contributed by atoms with Crippen molar-refractivity contribution < 1.29 is 49.0 Å². The molecule has 1 aromatic rings. The molecule has 0 N–H and O–H groups in total. The second kappa shape index (κ2) is 11.8. The minimum absolute atomic E-state index is 0.216. The van der Waals surface area contributed by atoms with Gasteiger partial charge in [0.15, 0.2) is 0 Å². The zero-order valence-electron chi connectivity index (χ0n) is 19.8.